The molecular formula is C13H19NO3. The standard InChI is InChI=1S/C13H19NO3/c1-8-7-11(10(3)17-8)13(15)14-9(2)12-5-4-6-16-12/h7,9,12H,4-6H2,1-3H3,(H,14,15)/t9-,12-/m1/s1. The highest BCUT2D eigenvalue weighted by molar-refractivity contribution is 5.95. The zero-order valence-corrected chi connectivity index (χ0v) is 10.6. The number of carbonyl (C=O) groups excluding carboxylic acids is 1. The lowest BCUT2D eigenvalue weighted by atomic mass is 10.1. The van der Waals surface area contributed by atoms with E-state index in [1.807, 2.05) is 13.8 Å². The van der Waals surface area contributed by atoms with E-state index in [0.29, 0.717) is 11.3 Å². The van der Waals surface area contributed by atoms with E-state index in [2.05, 4.69) is 5.32 Å². The number of furan rings is 1. The monoisotopic (exact) mass is 237 g/mol. The maximum Gasteiger partial charge on any atom is 0.255 e. The molecule has 0 aromatic carbocycles. The highest BCUT2D eigenvalue weighted by atomic mass is 16.5. The van der Waals surface area contributed by atoms with Crippen molar-refractivity contribution in [1.29, 1.82) is 0 Å². The van der Waals surface area contributed by atoms with E-state index >= 15 is 0 Å². The van der Waals surface area contributed by atoms with Gasteiger partial charge in [0, 0.05) is 6.61 Å². The Morgan fingerprint density at radius 1 is 1.53 bits per heavy atom. The minimum atomic E-state index is -0.0812. The van der Waals surface area contributed by atoms with Crippen LogP contribution in [0.4, 0.5) is 0 Å². The van der Waals surface area contributed by atoms with Crippen LogP contribution in [0.25, 0.3) is 0 Å². The summed E-state index contributed by atoms with van der Waals surface area (Å²) in [5.41, 5.74) is 0.618. The molecule has 0 unspecified atom stereocenters. The lowest BCUT2D eigenvalue weighted by molar-refractivity contribution is 0.0711. The Morgan fingerprint density at radius 2 is 2.29 bits per heavy atom. The molecule has 4 nitrogen and oxygen atoms in total. The van der Waals surface area contributed by atoms with Gasteiger partial charge < -0.3 is 14.5 Å². The van der Waals surface area contributed by atoms with Crippen molar-refractivity contribution in [3.8, 4) is 0 Å². The van der Waals surface area contributed by atoms with Gasteiger partial charge in [-0.1, -0.05) is 0 Å². The van der Waals surface area contributed by atoms with Crippen molar-refractivity contribution in [2.75, 3.05) is 6.61 Å². The number of rotatable bonds is 3. The number of aryl methyl sites for hydroxylation is 2. The van der Waals surface area contributed by atoms with Gasteiger partial charge in [-0.25, -0.2) is 0 Å². The molecule has 1 N–H and O–H groups in total. The van der Waals surface area contributed by atoms with Gasteiger partial charge in [0.15, 0.2) is 0 Å². The van der Waals surface area contributed by atoms with Gasteiger partial charge in [-0.15, -0.1) is 0 Å². The number of carbonyl (C=O) groups is 1. The summed E-state index contributed by atoms with van der Waals surface area (Å²) >= 11 is 0. The molecule has 1 aliphatic heterocycles. The van der Waals surface area contributed by atoms with Crippen LogP contribution in [0.15, 0.2) is 10.5 Å². The highest BCUT2D eigenvalue weighted by Crippen LogP contribution is 2.17. The maximum atomic E-state index is 12.0. The smallest absolute Gasteiger partial charge is 0.255 e. The maximum absolute atomic E-state index is 12.0. The Labute approximate surface area is 101 Å². The first-order valence-electron chi connectivity index (χ1n) is 6.07. The molecule has 0 saturated carbocycles. The minimum Gasteiger partial charge on any atom is -0.466 e. The molecule has 1 aliphatic rings. The summed E-state index contributed by atoms with van der Waals surface area (Å²) in [6.07, 6.45) is 2.24. The van der Waals surface area contributed by atoms with Crippen molar-refractivity contribution in [3.63, 3.8) is 0 Å². The number of amides is 1. The van der Waals surface area contributed by atoms with Crippen LogP contribution in [0.5, 0.6) is 0 Å². The number of ether oxygens (including phenoxy) is 1. The molecular weight excluding hydrogens is 218 g/mol. The van der Waals surface area contributed by atoms with E-state index in [4.69, 9.17) is 9.15 Å². The quantitative estimate of drug-likeness (QED) is 0.876. The van der Waals surface area contributed by atoms with Gasteiger partial charge in [-0.3, -0.25) is 4.79 Å². The third-order valence-corrected chi connectivity index (χ3v) is 3.17. The van der Waals surface area contributed by atoms with E-state index < -0.39 is 0 Å². The van der Waals surface area contributed by atoms with E-state index in [-0.39, 0.29) is 18.1 Å². The predicted octanol–water partition coefficient (Wildman–Crippen LogP) is 2.19. The van der Waals surface area contributed by atoms with E-state index in [0.717, 1.165) is 25.2 Å². The summed E-state index contributed by atoms with van der Waals surface area (Å²) in [5, 5.41) is 2.97. The first kappa shape index (κ1) is 12.2. The Bertz CT molecular complexity index is 405. The van der Waals surface area contributed by atoms with Crippen LogP contribution in [-0.2, 0) is 4.74 Å². The SMILES string of the molecule is Cc1cc(C(=O)N[C@H](C)[C@H]2CCCO2)c(C)o1. The Morgan fingerprint density at radius 3 is 2.82 bits per heavy atom. The fourth-order valence-corrected chi connectivity index (χ4v) is 2.23. The molecule has 2 atom stereocenters. The second kappa shape index (κ2) is 4.92. The summed E-state index contributed by atoms with van der Waals surface area (Å²) in [6.45, 7) is 6.43. The topological polar surface area (TPSA) is 51.5 Å². The van der Waals surface area contributed by atoms with Crippen molar-refractivity contribution in [1.82, 2.24) is 5.32 Å². The Balaban J connectivity index is 1.98. The molecule has 1 aromatic rings. The fraction of sp³-hybridized carbons (Fsp3) is 0.615. The average Bonchev–Trinajstić information content (AvgIpc) is 2.87. The fourth-order valence-electron chi connectivity index (χ4n) is 2.23. The van der Waals surface area contributed by atoms with Crippen LogP contribution < -0.4 is 5.32 Å². The van der Waals surface area contributed by atoms with E-state index in [1.165, 1.54) is 0 Å². The normalized spacial score (nSPS) is 21.5. The summed E-state index contributed by atoms with van der Waals surface area (Å²) < 4.78 is 10.9. The molecule has 1 amide bonds. The molecule has 1 saturated heterocycles. The van der Waals surface area contributed by atoms with Crippen molar-refractivity contribution in [3.05, 3.63) is 23.2 Å². The Kier molecular flexibility index (Phi) is 3.52. The van der Waals surface area contributed by atoms with Gasteiger partial charge in [0.05, 0.1) is 17.7 Å². The molecule has 1 fully saturated rings. The molecule has 0 radical (unpaired) electrons. The molecule has 0 bridgehead atoms. The lowest BCUT2D eigenvalue weighted by Gasteiger charge is -2.19. The van der Waals surface area contributed by atoms with Gasteiger partial charge in [-0.2, -0.15) is 0 Å². The molecule has 2 heterocycles. The van der Waals surface area contributed by atoms with Crippen LogP contribution in [0.1, 0.15) is 41.6 Å². The van der Waals surface area contributed by atoms with Crippen molar-refractivity contribution in [2.45, 2.75) is 45.8 Å². The molecule has 4 heteroatoms. The Hall–Kier alpha value is -1.29. The molecule has 94 valence electrons. The van der Waals surface area contributed by atoms with Gasteiger partial charge in [0.1, 0.15) is 11.5 Å². The molecule has 2 rings (SSSR count). The summed E-state index contributed by atoms with van der Waals surface area (Å²) in [5.74, 6) is 1.35. The first-order valence-corrected chi connectivity index (χ1v) is 6.07. The molecule has 0 spiro atoms. The molecule has 17 heavy (non-hydrogen) atoms. The van der Waals surface area contributed by atoms with Gasteiger partial charge >= 0.3 is 0 Å². The van der Waals surface area contributed by atoms with Crippen LogP contribution in [0, 0.1) is 13.8 Å². The van der Waals surface area contributed by atoms with Crippen LogP contribution in [0.3, 0.4) is 0 Å². The second-order valence-electron chi connectivity index (χ2n) is 4.64. The largest absolute Gasteiger partial charge is 0.466 e. The number of hydrogen-bond donors (Lipinski definition) is 1. The summed E-state index contributed by atoms with van der Waals surface area (Å²) in [4.78, 5) is 12.0. The highest BCUT2D eigenvalue weighted by Gasteiger charge is 2.25. The molecule has 1 aromatic heterocycles. The van der Waals surface area contributed by atoms with E-state index in [9.17, 15) is 4.79 Å². The van der Waals surface area contributed by atoms with E-state index in [1.54, 1.807) is 13.0 Å². The summed E-state index contributed by atoms with van der Waals surface area (Å²) in [6, 6.07) is 1.81. The zero-order valence-electron chi connectivity index (χ0n) is 10.6. The second-order valence-corrected chi connectivity index (χ2v) is 4.64. The number of hydrogen-bond acceptors (Lipinski definition) is 3. The third-order valence-electron chi connectivity index (χ3n) is 3.17. The summed E-state index contributed by atoms with van der Waals surface area (Å²) in [7, 11) is 0. The van der Waals surface area contributed by atoms with Crippen LogP contribution >= 0.6 is 0 Å². The zero-order chi connectivity index (χ0) is 12.4. The van der Waals surface area contributed by atoms with Gasteiger partial charge in [0.25, 0.3) is 5.91 Å². The van der Waals surface area contributed by atoms with Crippen molar-refractivity contribution < 1.29 is 13.9 Å². The average molecular weight is 237 g/mol. The van der Waals surface area contributed by atoms with Crippen molar-refractivity contribution in [2.24, 2.45) is 0 Å². The first-order chi connectivity index (χ1) is 8.08. The predicted molar refractivity (Wildman–Crippen MR) is 64.1 cm³/mol. The minimum absolute atomic E-state index is 0.0413. The van der Waals surface area contributed by atoms with Crippen LogP contribution in [-0.4, -0.2) is 24.7 Å². The van der Waals surface area contributed by atoms with Gasteiger partial charge in [0.2, 0.25) is 0 Å². The third kappa shape index (κ3) is 2.69. The molecule has 0 aliphatic carbocycles. The number of nitrogens with one attached hydrogen (secondary N) is 1. The van der Waals surface area contributed by atoms with Crippen molar-refractivity contribution >= 4 is 5.91 Å². The van der Waals surface area contributed by atoms with Gasteiger partial charge in [-0.05, 0) is 39.7 Å². The lowest BCUT2D eigenvalue weighted by Crippen LogP contribution is -2.40. The van der Waals surface area contributed by atoms with Crippen LogP contribution in [0.2, 0.25) is 0 Å².